The summed E-state index contributed by atoms with van der Waals surface area (Å²) in [6.07, 6.45) is 0.842. The van der Waals surface area contributed by atoms with Gasteiger partial charge < -0.3 is 10.4 Å². The Bertz CT molecular complexity index is 811. The van der Waals surface area contributed by atoms with Crippen LogP contribution in [0.5, 0.6) is 0 Å². The van der Waals surface area contributed by atoms with Gasteiger partial charge in [-0.2, -0.15) is 0 Å². The predicted octanol–water partition coefficient (Wildman–Crippen LogP) is 2.10. The second kappa shape index (κ2) is 6.70. The van der Waals surface area contributed by atoms with Crippen LogP contribution < -0.4 is 5.32 Å². The molecule has 142 valence electrons. The molecular weight excluding hydrogens is 484 g/mol. The summed E-state index contributed by atoms with van der Waals surface area (Å²) in [6.45, 7) is -0.329. The summed E-state index contributed by atoms with van der Waals surface area (Å²) in [7, 11) is 0. The largest absolute Gasteiger partial charge is 0.478 e. The number of alkyl halides is 2. The third kappa shape index (κ3) is 2.91. The fraction of sp³-hybridized carbons (Fsp3) is 0.444. The maximum Gasteiger partial charge on any atom is 0.335 e. The number of rotatable bonds is 4. The first-order chi connectivity index (χ1) is 12.8. The van der Waals surface area contributed by atoms with Gasteiger partial charge in [0.2, 0.25) is 17.7 Å². The van der Waals surface area contributed by atoms with Crippen LogP contribution in [-0.4, -0.2) is 49.9 Å². The van der Waals surface area contributed by atoms with Crippen molar-refractivity contribution in [3.63, 3.8) is 0 Å². The van der Waals surface area contributed by atoms with E-state index in [2.05, 4.69) is 37.2 Å². The molecule has 4 rings (SSSR count). The van der Waals surface area contributed by atoms with Crippen molar-refractivity contribution in [2.75, 3.05) is 11.9 Å². The van der Waals surface area contributed by atoms with Crippen LogP contribution >= 0.6 is 31.9 Å². The lowest BCUT2D eigenvalue weighted by molar-refractivity contribution is -0.143. The zero-order chi connectivity index (χ0) is 19.5. The minimum absolute atomic E-state index is 0.106. The SMILES string of the molecule is O=C(CN1C(=O)[C@@H]2[C@H]3C[C@@H]([C@H](Br)[C@H]3Br)[C@H]2C1=O)Nc1ccc(C(=O)O)cc1. The average molecular weight is 500 g/mol. The molecule has 1 aromatic rings. The van der Waals surface area contributed by atoms with Crippen molar-refractivity contribution in [1.82, 2.24) is 4.90 Å². The van der Waals surface area contributed by atoms with Gasteiger partial charge in [-0.3, -0.25) is 19.3 Å². The molecule has 3 aliphatic rings. The highest BCUT2D eigenvalue weighted by Gasteiger charge is 2.66. The maximum absolute atomic E-state index is 12.8. The second-order valence-electron chi connectivity index (χ2n) is 7.20. The van der Waals surface area contributed by atoms with Crippen LogP contribution in [0.1, 0.15) is 16.8 Å². The van der Waals surface area contributed by atoms with E-state index in [1.165, 1.54) is 24.3 Å². The third-order valence-corrected chi connectivity index (χ3v) is 9.00. The van der Waals surface area contributed by atoms with Crippen molar-refractivity contribution in [2.24, 2.45) is 23.7 Å². The van der Waals surface area contributed by atoms with Gasteiger partial charge in [-0.25, -0.2) is 4.79 Å². The van der Waals surface area contributed by atoms with Gasteiger partial charge >= 0.3 is 5.97 Å². The number of carboxylic acid groups (broad SMARTS) is 1. The van der Waals surface area contributed by atoms with Gasteiger partial charge in [0, 0.05) is 15.3 Å². The molecule has 0 unspecified atom stereocenters. The number of hydrogen-bond acceptors (Lipinski definition) is 4. The number of anilines is 1. The zero-order valence-corrected chi connectivity index (χ0v) is 17.1. The van der Waals surface area contributed by atoms with Crippen LogP contribution in [0, 0.1) is 23.7 Å². The standard InChI is InChI=1S/C18H16Br2N2O5/c19-14-9-5-10(15(14)20)13-12(9)16(24)22(17(13)25)6-11(23)21-8-3-1-7(2-4-8)18(26)27/h1-4,9-10,12-15H,5-6H2,(H,21,23)(H,26,27)/t9-,10-,12-,13-,14+,15+/m1/s1. The number of nitrogens with one attached hydrogen (secondary N) is 1. The number of likely N-dealkylation sites (tertiary alicyclic amines) is 1. The molecular formula is C18H16Br2N2O5. The smallest absolute Gasteiger partial charge is 0.335 e. The lowest BCUT2D eigenvalue weighted by Gasteiger charge is -2.28. The molecule has 3 fully saturated rings. The van der Waals surface area contributed by atoms with E-state index in [1.54, 1.807) is 0 Å². The molecule has 2 bridgehead atoms. The number of halogens is 2. The van der Waals surface area contributed by atoms with Gasteiger partial charge in [-0.15, -0.1) is 0 Å². The molecule has 1 aliphatic heterocycles. The fourth-order valence-corrected chi connectivity index (χ4v) is 6.48. The molecule has 0 spiro atoms. The van der Waals surface area contributed by atoms with Crippen molar-refractivity contribution in [1.29, 1.82) is 0 Å². The summed E-state index contributed by atoms with van der Waals surface area (Å²) < 4.78 is 0. The molecule has 3 amide bonds. The van der Waals surface area contributed by atoms with E-state index in [0.29, 0.717) is 5.69 Å². The summed E-state index contributed by atoms with van der Waals surface area (Å²) in [5.41, 5.74) is 0.514. The van der Waals surface area contributed by atoms with E-state index in [9.17, 15) is 19.2 Å². The monoisotopic (exact) mass is 498 g/mol. The number of carbonyl (C=O) groups excluding carboxylic acids is 3. The van der Waals surface area contributed by atoms with E-state index in [0.717, 1.165) is 11.3 Å². The average Bonchev–Trinajstić information content (AvgIpc) is 3.23. The number of hydrogen-bond donors (Lipinski definition) is 2. The number of amides is 3. The Kier molecular flexibility index (Phi) is 4.62. The molecule has 0 radical (unpaired) electrons. The first-order valence-corrected chi connectivity index (χ1v) is 10.4. The molecule has 1 aromatic carbocycles. The molecule has 2 N–H and O–H groups in total. The second-order valence-corrected chi connectivity index (χ2v) is 9.31. The molecule has 1 heterocycles. The molecule has 1 saturated heterocycles. The van der Waals surface area contributed by atoms with E-state index in [-0.39, 0.29) is 57.2 Å². The minimum Gasteiger partial charge on any atom is -0.478 e. The van der Waals surface area contributed by atoms with Crippen molar-refractivity contribution in [3.8, 4) is 0 Å². The van der Waals surface area contributed by atoms with Crippen LogP contribution in [0.3, 0.4) is 0 Å². The maximum atomic E-state index is 12.8. The van der Waals surface area contributed by atoms with E-state index < -0.39 is 11.9 Å². The molecule has 0 aromatic heterocycles. The molecule has 9 heteroatoms. The van der Waals surface area contributed by atoms with E-state index >= 15 is 0 Å². The third-order valence-electron chi connectivity index (χ3n) is 5.80. The van der Waals surface area contributed by atoms with Crippen molar-refractivity contribution < 1.29 is 24.3 Å². The molecule has 27 heavy (non-hydrogen) atoms. The number of nitrogens with zero attached hydrogens (tertiary/aromatic N) is 1. The zero-order valence-electron chi connectivity index (χ0n) is 14.0. The molecule has 2 aliphatic carbocycles. The van der Waals surface area contributed by atoms with Gasteiger partial charge in [0.05, 0.1) is 17.4 Å². The normalized spacial score (nSPS) is 34.1. The van der Waals surface area contributed by atoms with Gasteiger partial charge in [-0.05, 0) is 42.5 Å². The van der Waals surface area contributed by atoms with Gasteiger partial charge in [0.25, 0.3) is 0 Å². The fourth-order valence-electron chi connectivity index (χ4n) is 4.61. The summed E-state index contributed by atoms with van der Waals surface area (Å²) in [4.78, 5) is 50.1. The summed E-state index contributed by atoms with van der Waals surface area (Å²) in [5.74, 6) is -2.55. The molecule has 2 saturated carbocycles. The molecule has 7 nitrogen and oxygen atoms in total. The first-order valence-electron chi connectivity index (χ1n) is 8.56. The Hall–Kier alpha value is -1.74. The topological polar surface area (TPSA) is 104 Å². The summed E-state index contributed by atoms with van der Waals surface area (Å²) >= 11 is 7.25. The van der Waals surface area contributed by atoms with Gasteiger partial charge in [0.1, 0.15) is 6.54 Å². The number of imide groups is 1. The van der Waals surface area contributed by atoms with Gasteiger partial charge in [-0.1, -0.05) is 31.9 Å². The highest BCUT2D eigenvalue weighted by atomic mass is 79.9. The summed E-state index contributed by atoms with van der Waals surface area (Å²) in [5, 5.41) is 11.5. The van der Waals surface area contributed by atoms with E-state index in [1.807, 2.05) is 0 Å². The highest BCUT2D eigenvalue weighted by molar-refractivity contribution is 9.12. The molecule has 6 atom stereocenters. The van der Waals surface area contributed by atoms with Crippen molar-refractivity contribution >= 4 is 61.2 Å². The first kappa shape index (κ1) is 18.6. The highest BCUT2D eigenvalue weighted by Crippen LogP contribution is 2.60. The van der Waals surface area contributed by atoms with Crippen molar-refractivity contribution in [2.45, 2.75) is 16.1 Å². The number of carbonyl (C=O) groups is 4. The van der Waals surface area contributed by atoms with Crippen LogP contribution in [0.2, 0.25) is 0 Å². The van der Waals surface area contributed by atoms with E-state index in [4.69, 9.17) is 5.11 Å². The summed E-state index contributed by atoms with van der Waals surface area (Å²) in [6, 6.07) is 5.68. The van der Waals surface area contributed by atoms with Crippen LogP contribution in [0.25, 0.3) is 0 Å². The Labute approximate surface area is 171 Å². The quantitative estimate of drug-likeness (QED) is 0.487. The van der Waals surface area contributed by atoms with Crippen LogP contribution in [0.15, 0.2) is 24.3 Å². The number of aromatic carboxylic acids is 1. The lowest BCUT2D eigenvalue weighted by atomic mass is 9.81. The Morgan fingerprint density at radius 2 is 1.56 bits per heavy atom. The number of carboxylic acids is 1. The Morgan fingerprint density at radius 1 is 1.04 bits per heavy atom. The van der Waals surface area contributed by atoms with Crippen LogP contribution in [-0.2, 0) is 14.4 Å². The number of fused-ring (bicyclic) bond motifs is 5. The van der Waals surface area contributed by atoms with Gasteiger partial charge in [0.15, 0.2) is 0 Å². The Morgan fingerprint density at radius 3 is 2.04 bits per heavy atom. The Balaban J connectivity index is 1.44. The number of benzene rings is 1. The van der Waals surface area contributed by atoms with Crippen LogP contribution in [0.4, 0.5) is 5.69 Å². The minimum atomic E-state index is -1.06. The van der Waals surface area contributed by atoms with Crippen molar-refractivity contribution in [3.05, 3.63) is 29.8 Å². The predicted molar refractivity (Wildman–Crippen MR) is 103 cm³/mol. The lowest BCUT2D eigenvalue weighted by Crippen LogP contribution is -2.39.